The number of Topliss-reactive ketones (excluding diaryl/α,β-unsaturated/α-hetero) is 5. The molecule has 104 heavy (non-hydrogen) atoms. The number of cyclic esters (lactones) is 2. The molecule has 4 aliphatic carbocycles. The number of aliphatic hydroxyl groups is 2. The van der Waals surface area contributed by atoms with Crippen LogP contribution in [0, 0.1) is 46.8 Å². The van der Waals surface area contributed by atoms with E-state index in [4.69, 9.17) is 47.0 Å². The molecule has 20 atom stereocenters. The van der Waals surface area contributed by atoms with Crippen molar-refractivity contribution in [3.05, 3.63) is 81.9 Å². The van der Waals surface area contributed by atoms with Gasteiger partial charge in [-0.1, -0.05) is 90.8 Å². The largest absolute Gasteiger partial charge is 0.460 e. The number of nitrogens with zero attached hydrogens (tertiary/aromatic N) is 1. The molecule has 23 heteroatoms. The molecule has 574 valence electrons. The number of ether oxygens (including phenoxy) is 9. The number of unbranched alkanes of at least 4 members (excludes halogenated alkanes) is 3. The van der Waals surface area contributed by atoms with Crippen molar-refractivity contribution in [2.45, 2.75) is 276 Å². The number of hydrogen-bond acceptors (Lipinski definition) is 22. The Hall–Kier alpha value is -6.60. The lowest BCUT2D eigenvalue weighted by Gasteiger charge is -2.51. The molecule has 1 aromatic rings. The second-order valence-electron chi connectivity index (χ2n) is 31.7. The van der Waals surface area contributed by atoms with Gasteiger partial charge in [0.05, 0.1) is 30.3 Å². The molecule has 1 amide bonds. The summed E-state index contributed by atoms with van der Waals surface area (Å²) >= 11 is 0. The molecule has 0 aromatic carbocycles. The maximum absolute atomic E-state index is 14.8. The van der Waals surface area contributed by atoms with Crippen molar-refractivity contribution in [2.24, 2.45) is 46.8 Å². The zero-order valence-corrected chi connectivity index (χ0v) is 63.5. The van der Waals surface area contributed by atoms with Gasteiger partial charge in [0, 0.05) is 114 Å². The van der Waals surface area contributed by atoms with Gasteiger partial charge in [0.1, 0.15) is 65.6 Å². The second kappa shape index (κ2) is 34.5. The van der Waals surface area contributed by atoms with Crippen LogP contribution in [0.2, 0.25) is 0 Å². The minimum Gasteiger partial charge on any atom is -0.460 e. The number of hydrogen-bond donors (Lipinski definition) is 2. The van der Waals surface area contributed by atoms with E-state index in [0.29, 0.717) is 112 Å². The minimum absolute atomic E-state index is 0.00916. The van der Waals surface area contributed by atoms with Gasteiger partial charge in [-0.3, -0.25) is 38.4 Å². The van der Waals surface area contributed by atoms with Gasteiger partial charge < -0.3 is 62.2 Å². The second-order valence-corrected chi connectivity index (χ2v) is 31.7. The fraction of sp³-hybridized carbons (Fsp3) is 0.704. The lowest BCUT2D eigenvalue weighted by Crippen LogP contribution is -2.61. The third kappa shape index (κ3) is 17.2. The number of furan rings is 1. The number of rotatable bonds is 17. The highest BCUT2D eigenvalue weighted by Gasteiger charge is 2.65. The Bertz CT molecular complexity index is 3530. The van der Waals surface area contributed by atoms with Crippen LogP contribution in [0.5, 0.6) is 0 Å². The first-order chi connectivity index (χ1) is 49.3. The van der Waals surface area contributed by atoms with Gasteiger partial charge in [0.15, 0.2) is 11.5 Å². The van der Waals surface area contributed by atoms with E-state index in [1.54, 1.807) is 48.0 Å². The van der Waals surface area contributed by atoms with Crippen molar-refractivity contribution >= 4 is 58.7 Å². The highest BCUT2D eigenvalue weighted by Crippen LogP contribution is 2.61. The normalized spacial score (nSPS) is 37.7. The molecule has 1 unspecified atom stereocenters. The molecule has 2 bridgehead atoms. The summed E-state index contributed by atoms with van der Waals surface area (Å²) in [5.74, 6) is -11.3. The summed E-state index contributed by atoms with van der Waals surface area (Å²) in [6.45, 7) is 17.7. The number of amides is 1. The van der Waals surface area contributed by atoms with E-state index in [0.717, 1.165) is 5.57 Å². The number of carbonyl (C=O) groups excluding carboxylic acids is 10. The number of carbonyl (C=O) groups is 10. The molecule has 9 rings (SSSR count). The first-order valence-corrected chi connectivity index (χ1v) is 37.9. The molecule has 2 N–H and O–H groups in total. The molecule has 5 heterocycles. The van der Waals surface area contributed by atoms with Crippen LogP contribution in [0.15, 0.2) is 69.4 Å². The average Bonchev–Trinajstić information content (AvgIpc) is 1.39. The summed E-state index contributed by atoms with van der Waals surface area (Å²) in [6.07, 6.45) is 13.6. The van der Waals surface area contributed by atoms with Gasteiger partial charge in [-0.05, 0) is 146 Å². The third-order valence-electron chi connectivity index (χ3n) is 24.4. The Labute approximate surface area is 612 Å². The van der Waals surface area contributed by atoms with E-state index in [1.807, 2.05) is 65.0 Å². The van der Waals surface area contributed by atoms with Gasteiger partial charge in [-0.2, -0.15) is 0 Å². The van der Waals surface area contributed by atoms with Crippen molar-refractivity contribution in [2.75, 3.05) is 41.6 Å². The Morgan fingerprint density at radius 1 is 0.760 bits per heavy atom. The van der Waals surface area contributed by atoms with Crippen molar-refractivity contribution in [1.82, 2.24) is 4.90 Å². The fourth-order valence-corrected chi connectivity index (χ4v) is 17.9. The molecule has 8 aliphatic rings. The Morgan fingerprint density at radius 2 is 1.47 bits per heavy atom. The molecule has 2 saturated carbocycles. The monoisotopic (exact) mass is 1450 g/mol. The van der Waals surface area contributed by atoms with E-state index in [9.17, 15) is 58.2 Å². The molecule has 2 saturated heterocycles. The van der Waals surface area contributed by atoms with E-state index < -0.39 is 148 Å². The quantitative estimate of drug-likeness (QED) is 0.0481. The van der Waals surface area contributed by atoms with Crippen LogP contribution in [-0.2, 0) is 86.4 Å². The van der Waals surface area contributed by atoms with E-state index in [2.05, 4.69) is 0 Å². The highest BCUT2D eigenvalue weighted by molar-refractivity contribution is 6.39. The first kappa shape index (κ1) is 81.5. The lowest BCUT2D eigenvalue weighted by atomic mass is 9.54. The van der Waals surface area contributed by atoms with Crippen molar-refractivity contribution in [3.63, 3.8) is 0 Å². The smallest absolute Gasteiger partial charge is 0.342 e. The van der Waals surface area contributed by atoms with Crippen LogP contribution in [0.4, 0.5) is 0 Å². The molecular weight excluding hydrogens is 1340 g/mol. The van der Waals surface area contributed by atoms with Crippen molar-refractivity contribution < 1.29 is 105 Å². The summed E-state index contributed by atoms with van der Waals surface area (Å²) in [4.78, 5) is 143. The van der Waals surface area contributed by atoms with Crippen LogP contribution < -0.4 is 0 Å². The zero-order chi connectivity index (χ0) is 75.9. The summed E-state index contributed by atoms with van der Waals surface area (Å²) < 4.78 is 59.9. The number of ketones is 5. The maximum Gasteiger partial charge on any atom is 0.342 e. The standard InChI is InChI=1S/C81H113NO22/c1-45-24-18-17-19-25-46(2)59(96-12)40-53-31-29-50(6)81(94,104-53)73(89)75(90)82-35-23-22-26-56(82)77(92)102-60(41-57(83)47(3)37-51(7)80(10,93)74(98-14)70(87)49(5)36-45)48(4)38-52-30-33-58(61(39-52)97-13)100-65(85)27-20-15-16-21-28-66(86)101-62-42-78(8)55(32-34-63(78)84)67-69(62)79(9)64(44-95-11)103-76(91)54-43-99-72(68(54)79)71(67)88/h17-19,24-25,37,43,45,47-50,52-53,55-56,58-62,64,74,93-94H,15-16,20-23,26-36,38-42,44H2,1-14H3/b19-17+,24-18+,46-25+,51-37+/t45-,47-,48-,49-,50-,52?,53+,55+,56+,58-,59+,60+,61-,62-,64-,74+,78+,79+,80+,81-/m1/s1. The number of esters is 4. The van der Waals surface area contributed by atoms with Gasteiger partial charge in [0.2, 0.25) is 11.6 Å². The van der Waals surface area contributed by atoms with Gasteiger partial charge >= 0.3 is 23.9 Å². The number of fused-ring (bicyclic) bond motifs is 6. The topological polar surface area (TPSA) is 311 Å². The summed E-state index contributed by atoms with van der Waals surface area (Å²) in [5, 5.41) is 24.3. The Balaban J connectivity index is 0.837. The number of methoxy groups -OCH3 is 4. The fourth-order valence-electron chi connectivity index (χ4n) is 17.9. The van der Waals surface area contributed by atoms with Gasteiger partial charge in [0.25, 0.3) is 11.7 Å². The molecule has 1 aromatic heterocycles. The van der Waals surface area contributed by atoms with Crippen LogP contribution in [0.3, 0.4) is 0 Å². The Morgan fingerprint density at radius 3 is 2.15 bits per heavy atom. The van der Waals surface area contributed by atoms with Crippen LogP contribution >= 0.6 is 0 Å². The van der Waals surface area contributed by atoms with Crippen LogP contribution in [0.1, 0.15) is 231 Å². The van der Waals surface area contributed by atoms with E-state index >= 15 is 0 Å². The molecule has 0 spiro atoms. The number of piperidine rings is 1. The summed E-state index contributed by atoms with van der Waals surface area (Å²) in [6, 6.07) is -1.23. The zero-order valence-electron chi connectivity index (χ0n) is 63.5. The predicted molar refractivity (Wildman–Crippen MR) is 380 cm³/mol. The first-order valence-electron chi connectivity index (χ1n) is 37.9. The Kier molecular flexibility index (Phi) is 27.1. The summed E-state index contributed by atoms with van der Waals surface area (Å²) in [7, 11) is 5.97. The molecule has 4 fully saturated rings. The minimum atomic E-state index is -2.50. The highest BCUT2D eigenvalue weighted by atomic mass is 16.6. The molecular formula is C81H113NO22. The summed E-state index contributed by atoms with van der Waals surface area (Å²) in [5.41, 5.74) is -1.37. The number of allylic oxidation sites excluding steroid dienone is 7. The molecule has 4 aliphatic heterocycles. The van der Waals surface area contributed by atoms with Crippen molar-refractivity contribution in [1.29, 1.82) is 0 Å². The maximum atomic E-state index is 14.8. The lowest BCUT2D eigenvalue weighted by molar-refractivity contribution is -0.265. The third-order valence-corrected chi connectivity index (χ3v) is 24.4. The van der Waals surface area contributed by atoms with Crippen LogP contribution in [0.25, 0.3) is 0 Å². The van der Waals surface area contributed by atoms with E-state index in [-0.39, 0.29) is 98.6 Å². The van der Waals surface area contributed by atoms with Gasteiger partial charge in [-0.25, -0.2) is 9.59 Å². The average molecular weight is 1450 g/mol. The van der Waals surface area contributed by atoms with Crippen molar-refractivity contribution in [3.8, 4) is 0 Å². The molecule has 0 radical (unpaired) electrons. The predicted octanol–water partition coefficient (Wildman–Crippen LogP) is 11.0. The SMILES string of the molecule is COC[C@H]1OC(=O)c2coc3c2[C@@]1(C)C1=C(C3=O)[C@@H]2CCC(=O)[C@@]2(C)C[C@H]1OC(=O)CCCCCCC(=O)O[C@@H]1CCC(C[C@@H](C)[C@@H]2CC(=O)[C@H](C)/C=C(\C)[C@](C)(O)[C@@H](OC)C(=O)[C@H](C)C[C@H](C)/C=C/C=C/C=C(\C)[C@@H](OC)C[C@@H]3CC[C@@H](C)[C@@](O)(O3)C(=O)C(=O)N3CCCC[C@H]3C(=O)O2)C[C@H]1OC. The van der Waals surface area contributed by atoms with E-state index in [1.165, 1.54) is 32.3 Å². The van der Waals surface area contributed by atoms with Crippen LogP contribution in [-0.4, -0.2) is 182 Å². The van der Waals surface area contributed by atoms with Gasteiger partial charge in [-0.15, -0.1) is 0 Å². The molecule has 23 nitrogen and oxygen atoms in total.